The van der Waals surface area contributed by atoms with E-state index in [0.29, 0.717) is 0 Å². The Hall–Kier alpha value is -0.0400. The second kappa shape index (κ2) is 2.30. The SMILES string of the molecule is C1CO[C](C2CCC2)C1. The molecule has 0 atom stereocenters. The Morgan fingerprint density at radius 3 is 2.56 bits per heavy atom. The Bertz CT molecular complexity index is 90.7. The van der Waals surface area contributed by atoms with Gasteiger partial charge in [0.1, 0.15) is 6.10 Å². The smallest absolute Gasteiger partial charge is 0.100 e. The molecule has 2 rings (SSSR count). The van der Waals surface area contributed by atoms with Gasteiger partial charge in [0.05, 0.1) is 0 Å². The zero-order chi connectivity index (χ0) is 6.10. The molecule has 1 radical (unpaired) electrons. The molecule has 1 saturated heterocycles. The Morgan fingerprint density at radius 1 is 1.22 bits per heavy atom. The topological polar surface area (TPSA) is 9.23 Å². The molecule has 0 amide bonds. The van der Waals surface area contributed by atoms with Gasteiger partial charge in [0.15, 0.2) is 0 Å². The molecule has 1 saturated carbocycles. The van der Waals surface area contributed by atoms with Crippen molar-refractivity contribution in [3.8, 4) is 0 Å². The van der Waals surface area contributed by atoms with Crippen LogP contribution >= 0.6 is 0 Å². The maximum atomic E-state index is 5.47. The maximum absolute atomic E-state index is 5.47. The lowest BCUT2D eigenvalue weighted by molar-refractivity contribution is 0.117. The molecular formula is C8H13O. The van der Waals surface area contributed by atoms with Gasteiger partial charge in [0.25, 0.3) is 0 Å². The monoisotopic (exact) mass is 125 g/mol. The van der Waals surface area contributed by atoms with Crippen molar-refractivity contribution in [1.29, 1.82) is 0 Å². The van der Waals surface area contributed by atoms with Gasteiger partial charge in [-0.15, -0.1) is 0 Å². The standard InChI is InChI=1S/C8H13O/c1-3-7(4-1)8-5-2-6-9-8/h7H,1-6H2. The first-order chi connectivity index (χ1) is 4.47. The number of ether oxygens (including phenoxy) is 1. The fourth-order valence-corrected chi connectivity index (χ4v) is 1.57. The van der Waals surface area contributed by atoms with E-state index in [1.165, 1.54) is 38.2 Å². The summed E-state index contributed by atoms with van der Waals surface area (Å²) in [6.07, 6.45) is 8.17. The highest BCUT2D eigenvalue weighted by Crippen LogP contribution is 2.40. The third kappa shape index (κ3) is 0.983. The van der Waals surface area contributed by atoms with Gasteiger partial charge in [-0.3, -0.25) is 0 Å². The average Bonchev–Trinajstić information content (AvgIpc) is 2.11. The van der Waals surface area contributed by atoms with Crippen LogP contribution in [-0.4, -0.2) is 6.61 Å². The van der Waals surface area contributed by atoms with Crippen LogP contribution in [0.25, 0.3) is 0 Å². The molecule has 0 aromatic carbocycles. The first kappa shape index (κ1) is 5.72. The summed E-state index contributed by atoms with van der Waals surface area (Å²) in [6, 6.07) is 0. The van der Waals surface area contributed by atoms with E-state index in [0.717, 1.165) is 12.5 Å². The van der Waals surface area contributed by atoms with Gasteiger partial charge in [-0.1, -0.05) is 6.42 Å². The first-order valence-electron chi connectivity index (χ1n) is 3.95. The second-order valence-electron chi connectivity index (χ2n) is 3.05. The number of hydrogen-bond donors (Lipinski definition) is 0. The van der Waals surface area contributed by atoms with Crippen LogP contribution in [0.5, 0.6) is 0 Å². The minimum atomic E-state index is 0.868. The molecule has 0 aromatic rings. The Kier molecular flexibility index (Phi) is 1.46. The van der Waals surface area contributed by atoms with Crippen molar-refractivity contribution in [2.45, 2.75) is 32.1 Å². The number of hydrogen-bond acceptors (Lipinski definition) is 1. The van der Waals surface area contributed by atoms with Gasteiger partial charge in [0, 0.05) is 6.61 Å². The summed E-state index contributed by atoms with van der Waals surface area (Å²) in [5.41, 5.74) is 0. The molecule has 51 valence electrons. The van der Waals surface area contributed by atoms with Crippen molar-refractivity contribution >= 4 is 0 Å². The van der Waals surface area contributed by atoms with Crippen LogP contribution < -0.4 is 0 Å². The van der Waals surface area contributed by atoms with Crippen LogP contribution in [0.4, 0.5) is 0 Å². The highest BCUT2D eigenvalue weighted by atomic mass is 16.5. The van der Waals surface area contributed by atoms with Gasteiger partial charge in [0.2, 0.25) is 0 Å². The Balaban J connectivity index is 1.82. The maximum Gasteiger partial charge on any atom is 0.100 e. The van der Waals surface area contributed by atoms with Gasteiger partial charge in [-0.2, -0.15) is 0 Å². The van der Waals surface area contributed by atoms with Gasteiger partial charge in [-0.05, 0) is 31.6 Å². The fourth-order valence-electron chi connectivity index (χ4n) is 1.57. The molecular weight excluding hydrogens is 112 g/mol. The summed E-state index contributed by atoms with van der Waals surface area (Å²) in [5.74, 6) is 0.868. The minimum absolute atomic E-state index is 0.868. The van der Waals surface area contributed by atoms with Crippen molar-refractivity contribution in [2.24, 2.45) is 5.92 Å². The molecule has 0 unspecified atom stereocenters. The predicted molar refractivity (Wildman–Crippen MR) is 35.8 cm³/mol. The van der Waals surface area contributed by atoms with Crippen molar-refractivity contribution in [1.82, 2.24) is 0 Å². The van der Waals surface area contributed by atoms with Gasteiger partial charge in [-0.25, -0.2) is 0 Å². The number of rotatable bonds is 1. The zero-order valence-electron chi connectivity index (χ0n) is 5.73. The first-order valence-corrected chi connectivity index (χ1v) is 3.95. The van der Waals surface area contributed by atoms with Crippen LogP contribution in [0.3, 0.4) is 0 Å². The summed E-state index contributed by atoms with van der Waals surface area (Å²) in [7, 11) is 0. The molecule has 2 fully saturated rings. The summed E-state index contributed by atoms with van der Waals surface area (Å²) < 4.78 is 5.47. The third-order valence-corrected chi connectivity index (χ3v) is 2.42. The molecule has 0 bridgehead atoms. The molecule has 0 N–H and O–H groups in total. The summed E-state index contributed by atoms with van der Waals surface area (Å²) in [6.45, 7) is 0.992. The van der Waals surface area contributed by atoms with Crippen molar-refractivity contribution < 1.29 is 4.74 Å². The Labute approximate surface area is 56.4 Å². The Morgan fingerprint density at radius 2 is 2.11 bits per heavy atom. The van der Waals surface area contributed by atoms with Crippen LogP contribution in [0, 0.1) is 12.0 Å². The van der Waals surface area contributed by atoms with E-state index >= 15 is 0 Å². The van der Waals surface area contributed by atoms with E-state index in [9.17, 15) is 0 Å². The van der Waals surface area contributed by atoms with E-state index in [-0.39, 0.29) is 0 Å². The van der Waals surface area contributed by atoms with E-state index in [1.54, 1.807) is 0 Å². The van der Waals surface area contributed by atoms with E-state index < -0.39 is 0 Å². The molecule has 1 aliphatic heterocycles. The molecule has 2 aliphatic rings. The quantitative estimate of drug-likeness (QED) is 0.521. The van der Waals surface area contributed by atoms with E-state index in [1.807, 2.05) is 0 Å². The fraction of sp³-hybridized carbons (Fsp3) is 0.875. The molecule has 1 nitrogen and oxygen atoms in total. The highest BCUT2D eigenvalue weighted by molar-refractivity contribution is 4.94. The van der Waals surface area contributed by atoms with Crippen LogP contribution in [0.2, 0.25) is 0 Å². The molecule has 1 heteroatoms. The van der Waals surface area contributed by atoms with Crippen molar-refractivity contribution in [3.05, 3.63) is 6.10 Å². The summed E-state index contributed by atoms with van der Waals surface area (Å²) in [4.78, 5) is 0. The third-order valence-electron chi connectivity index (χ3n) is 2.42. The second-order valence-corrected chi connectivity index (χ2v) is 3.05. The lowest BCUT2D eigenvalue weighted by atomic mass is 9.80. The average molecular weight is 125 g/mol. The van der Waals surface area contributed by atoms with E-state index in [4.69, 9.17) is 4.74 Å². The van der Waals surface area contributed by atoms with Gasteiger partial charge >= 0.3 is 0 Å². The molecule has 1 aliphatic carbocycles. The van der Waals surface area contributed by atoms with Gasteiger partial charge < -0.3 is 4.74 Å². The lowest BCUT2D eigenvalue weighted by Crippen LogP contribution is -2.19. The largest absolute Gasteiger partial charge is 0.372 e. The van der Waals surface area contributed by atoms with E-state index in [2.05, 4.69) is 0 Å². The van der Waals surface area contributed by atoms with Crippen LogP contribution in [0.15, 0.2) is 0 Å². The molecule has 0 aromatic heterocycles. The highest BCUT2D eigenvalue weighted by Gasteiger charge is 2.30. The summed E-state index contributed by atoms with van der Waals surface area (Å²) in [5, 5.41) is 0. The summed E-state index contributed by atoms with van der Waals surface area (Å²) >= 11 is 0. The zero-order valence-corrected chi connectivity index (χ0v) is 5.73. The van der Waals surface area contributed by atoms with Crippen molar-refractivity contribution in [2.75, 3.05) is 6.61 Å². The molecule has 1 heterocycles. The van der Waals surface area contributed by atoms with Crippen LogP contribution in [0.1, 0.15) is 32.1 Å². The van der Waals surface area contributed by atoms with Crippen LogP contribution in [-0.2, 0) is 4.74 Å². The normalized spacial score (nSPS) is 30.7. The lowest BCUT2D eigenvalue weighted by Gasteiger charge is -2.29. The molecule has 0 spiro atoms. The van der Waals surface area contributed by atoms with Crippen molar-refractivity contribution in [3.63, 3.8) is 0 Å². The minimum Gasteiger partial charge on any atom is -0.372 e. The molecule has 9 heavy (non-hydrogen) atoms. The predicted octanol–water partition coefficient (Wildman–Crippen LogP) is 2.13.